The van der Waals surface area contributed by atoms with Crippen molar-refractivity contribution in [1.82, 2.24) is 15.3 Å². The van der Waals surface area contributed by atoms with E-state index in [-0.39, 0.29) is 20.3 Å². The van der Waals surface area contributed by atoms with Crippen molar-refractivity contribution in [3.05, 3.63) is 29.4 Å². The highest BCUT2D eigenvalue weighted by molar-refractivity contribution is 6.29. The average Bonchev–Trinajstić information content (AvgIpc) is 3.71. The minimum atomic E-state index is -4.19. The van der Waals surface area contributed by atoms with Crippen LogP contribution in [0.5, 0.6) is 0 Å². The second kappa shape index (κ2) is 14.1. The number of halogens is 7. The molecule has 2 aromatic rings. The fraction of sp³-hybridized carbons (Fsp3) is 0.677. The Labute approximate surface area is 271 Å². The van der Waals surface area contributed by atoms with Crippen molar-refractivity contribution in [2.45, 2.75) is 95.3 Å². The van der Waals surface area contributed by atoms with Gasteiger partial charge in [-0.05, 0) is 82.2 Å². The minimum absolute atomic E-state index is 0. The van der Waals surface area contributed by atoms with Crippen molar-refractivity contribution < 1.29 is 26.3 Å². The molecule has 0 saturated carbocycles. The number of piperidine rings is 2. The predicted molar refractivity (Wildman–Crippen MR) is 171 cm³/mol. The van der Waals surface area contributed by atoms with Crippen molar-refractivity contribution >= 4 is 40.4 Å². The Kier molecular flexibility index (Phi) is 10.6. The zero-order valence-corrected chi connectivity index (χ0v) is 25.7. The summed E-state index contributed by atoms with van der Waals surface area (Å²) in [5.74, 6) is 2.13. The topological polar surface area (TPSA) is 71.6 Å². The van der Waals surface area contributed by atoms with Crippen LogP contribution < -0.4 is 30.7 Å². The molecule has 0 aliphatic carbocycles. The largest absolute Gasteiger partial charge is 0.408 e. The van der Waals surface area contributed by atoms with E-state index in [9.17, 15) is 26.3 Å². The van der Waals surface area contributed by atoms with E-state index in [1.54, 1.807) is 6.07 Å². The Morgan fingerprint density at radius 3 is 1.83 bits per heavy atom. The number of rotatable bonds is 1. The molecule has 0 aromatic carbocycles. The van der Waals surface area contributed by atoms with Crippen molar-refractivity contribution in [2.24, 2.45) is 0 Å². The number of alkyl halides is 6. The van der Waals surface area contributed by atoms with E-state index in [0.717, 1.165) is 56.3 Å². The first-order chi connectivity index (χ1) is 21.5. The third kappa shape index (κ3) is 7.80. The summed E-state index contributed by atoms with van der Waals surface area (Å²) in [5.41, 5.74) is 2.22. The molecule has 256 valence electrons. The summed E-state index contributed by atoms with van der Waals surface area (Å²) in [6.45, 7) is 5.14. The van der Waals surface area contributed by atoms with E-state index < -0.39 is 24.4 Å². The molecule has 46 heavy (non-hydrogen) atoms. The molecule has 8 rings (SSSR count). The maximum Gasteiger partial charge on any atom is 0.408 e. The molecular weight excluding hydrogens is 634 g/mol. The molecule has 6 aliphatic rings. The van der Waals surface area contributed by atoms with Gasteiger partial charge in [0.2, 0.25) is 0 Å². The minimum Gasteiger partial charge on any atom is -0.366 e. The van der Waals surface area contributed by atoms with Gasteiger partial charge < -0.3 is 30.7 Å². The lowest BCUT2D eigenvalue weighted by molar-refractivity contribution is -0.151. The number of aromatic nitrogens is 2. The van der Waals surface area contributed by atoms with Crippen LogP contribution in [0, 0.1) is 0 Å². The molecule has 0 radical (unpaired) electrons. The van der Waals surface area contributed by atoms with Crippen LogP contribution in [0.25, 0.3) is 0 Å². The van der Waals surface area contributed by atoms with Crippen LogP contribution in [0.3, 0.4) is 0 Å². The number of hydrogen-bond acceptors (Lipinski definition) is 8. The standard InChI is InChI=1S/C15H19F3N4.C10H12ClN3.C5H8F3N.CH4/c16-15(17,18)12-4-2-8-22(12)13-6-5-11-14(20-13)19-10-3-1-7-21(11)9-10;11-9-4-3-8-10(13-9)12-7-2-1-5-14(8)6-7;6-5(7,8)4-2-1-3-9-4;/h5-6,10,12H,1-4,7-9H2,(H,19,20);3-4,7H,1-2,5-6H2,(H,12,13);4,9H,1-3H2;1H4/t10-,12+;7-;4-;/m001./s1. The van der Waals surface area contributed by atoms with Gasteiger partial charge in [-0.25, -0.2) is 9.97 Å². The smallest absolute Gasteiger partial charge is 0.366 e. The monoisotopic (exact) mass is 676 g/mol. The average molecular weight is 677 g/mol. The zero-order chi connectivity index (χ0) is 31.8. The van der Waals surface area contributed by atoms with E-state index in [1.807, 2.05) is 12.1 Å². The lowest BCUT2D eigenvalue weighted by Gasteiger charge is -2.41. The Morgan fingerprint density at radius 2 is 1.28 bits per heavy atom. The summed E-state index contributed by atoms with van der Waals surface area (Å²) in [6.07, 6.45) is -1.89. The third-order valence-corrected chi connectivity index (χ3v) is 9.50. The van der Waals surface area contributed by atoms with E-state index in [0.29, 0.717) is 49.0 Å². The van der Waals surface area contributed by atoms with Crippen LogP contribution in [-0.4, -0.2) is 85.8 Å². The Bertz CT molecular complexity index is 1320. The van der Waals surface area contributed by atoms with Crippen LogP contribution in [0.4, 0.5) is 55.2 Å². The van der Waals surface area contributed by atoms with Gasteiger partial charge in [0, 0.05) is 44.8 Å². The van der Waals surface area contributed by atoms with Gasteiger partial charge in [0.15, 0.2) is 11.6 Å². The maximum absolute atomic E-state index is 13.1. The summed E-state index contributed by atoms with van der Waals surface area (Å²) < 4.78 is 74.5. The molecule has 4 saturated heterocycles. The quantitative estimate of drug-likeness (QED) is 0.219. The summed E-state index contributed by atoms with van der Waals surface area (Å²) in [5, 5.41) is 9.76. The zero-order valence-electron chi connectivity index (χ0n) is 24.9. The molecule has 4 atom stereocenters. The number of nitrogens with one attached hydrogen (secondary N) is 3. The fourth-order valence-corrected chi connectivity index (χ4v) is 7.26. The Balaban J connectivity index is 0.000000149. The molecule has 0 amide bonds. The molecule has 4 fully saturated rings. The number of fused-ring (bicyclic) bond motifs is 8. The molecule has 2 aromatic heterocycles. The first-order valence-electron chi connectivity index (χ1n) is 15.8. The Hall–Kier alpha value is -2.87. The van der Waals surface area contributed by atoms with Crippen LogP contribution in [0.15, 0.2) is 24.3 Å². The van der Waals surface area contributed by atoms with Crippen LogP contribution in [0.1, 0.15) is 58.8 Å². The van der Waals surface area contributed by atoms with Gasteiger partial charge in [0.25, 0.3) is 0 Å². The third-order valence-electron chi connectivity index (χ3n) is 9.29. The molecule has 4 bridgehead atoms. The number of nitrogens with zero attached hydrogens (tertiary/aromatic N) is 5. The van der Waals surface area contributed by atoms with E-state index >= 15 is 0 Å². The van der Waals surface area contributed by atoms with Gasteiger partial charge in [-0.3, -0.25) is 0 Å². The lowest BCUT2D eigenvalue weighted by Crippen LogP contribution is -2.47. The predicted octanol–water partition coefficient (Wildman–Crippen LogP) is 7.07. The summed E-state index contributed by atoms with van der Waals surface area (Å²) in [6, 6.07) is 5.84. The van der Waals surface area contributed by atoms with Crippen molar-refractivity contribution in [2.75, 3.05) is 64.6 Å². The maximum atomic E-state index is 13.1. The Morgan fingerprint density at radius 1 is 0.696 bits per heavy atom. The molecule has 0 unspecified atom stereocenters. The van der Waals surface area contributed by atoms with E-state index in [4.69, 9.17) is 11.6 Å². The second-order valence-corrected chi connectivity index (χ2v) is 12.9. The first-order valence-corrected chi connectivity index (χ1v) is 16.2. The fourth-order valence-electron chi connectivity index (χ4n) is 7.11. The van der Waals surface area contributed by atoms with E-state index in [2.05, 4.69) is 41.8 Å². The first kappa shape index (κ1) is 34.5. The summed E-state index contributed by atoms with van der Waals surface area (Å²) in [4.78, 5) is 14.9. The highest BCUT2D eigenvalue weighted by Gasteiger charge is 2.46. The van der Waals surface area contributed by atoms with Gasteiger partial charge in [-0.2, -0.15) is 26.3 Å². The number of hydrogen-bond donors (Lipinski definition) is 3. The van der Waals surface area contributed by atoms with Gasteiger partial charge in [-0.1, -0.05) is 19.0 Å². The number of pyridine rings is 2. The van der Waals surface area contributed by atoms with Gasteiger partial charge in [0.1, 0.15) is 23.1 Å². The van der Waals surface area contributed by atoms with Crippen molar-refractivity contribution in [3.63, 3.8) is 0 Å². The molecule has 15 heteroatoms. The molecule has 0 spiro atoms. The second-order valence-electron chi connectivity index (χ2n) is 12.5. The molecule has 6 aliphatic heterocycles. The SMILES string of the molecule is C.Clc1ccc2c(n1)N[C@H]1CCCN2C1.FC(F)(F)[C@H]1CCCN1.FC(F)(F)[C@H]1CCCN1c1ccc2c(n1)N[C@H]1CCCN2C1. The molecular formula is C31H43ClF6N8. The highest BCUT2D eigenvalue weighted by Crippen LogP contribution is 2.39. The van der Waals surface area contributed by atoms with Crippen molar-refractivity contribution in [1.29, 1.82) is 0 Å². The molecule has 8 heterocycles. The van der Waals surface area contributed by atoms with Gasteiger partial charge in [-0.15, -0.1) is 0 Å². The van der Waals surface area contributed by atoms with Crippen molar-refractivity contribution in [3.8, 4) is 0 Å². The van der Waals surface area contributed by atoms with Gasteiger partial charge in [0.05, 0.1) is 11.4 Å². The van der Waals surface area contributed by atoms with Crippen LogP contribution in [-0.2, 0) is 0 Å². The summed E-state index contributed by atoms with van der Waals surface area (Å²) in [7, 11) is 0. The summed E-state index contributed by atoms with van der Waals surface area (Å²) >= 11 is 5.86. The van der Waals surface area contributed by atoms with Crippen LogP contribution >= 0.6 is 11.6 Å². The van der Waals surface area contributed by atoms with E-state index in [1.165, 1.54) is 23.4 Å². The normalized spacial score (nSPS) is 26.2. The number of anilines is 5. The van der Waals surface area contributed by atoms with Crippen LogP contribution in [0.2, 0.25) is 5.15 Å². The molecule has 8 nitrogen and oxygen atoms in total. The van der Waals surface area contributed by atoms with Gasteiger partial charge >= 0.3 is 12.4 Å². The molecule has 3 N–H and O–H groups in total. The lowest BCUT2D eigenvalue weighted by atomic mass is 10.0. The highest BCUT2D eigenvalue weighted by atomic mass is 35.5.